The summed E-state index contributed by atoms with van der Waals surface area (Å²) in [6.07, 6.45) is 6.76. The normalized spacial score (nSPS) is 11.3. The third kappa shape index (κ3) is 3.91. The molecule has 5 heteroatoms. The smallest absolute Gasteiger partial charge is 0.310 e. The molecule has 0 N–H and O–H groups in total. The highest BCUT2D eigenvalue weighted by molar-refractivity contribution is 5.88. The van der Waals surface area contributed by atoms with E-state index >= 15 is 0 Å². The lowest BCUT2D eigenvalue weighted by Crippen LogP contribution is -1.95. The van der Waals surface area contributed by atoms with Crippen molar-refractivity contribution in [1.29, 1.82) is 0 Å². The summed E-state index contributed by atoms with van der Waals surface area (Å²) in [6.45, 7) is 7.83. The Morgan fingerprint density at radius 1 is 1.50 bits per heavy atom. The van der Waals surface area contributed by atoms with Crippen molar-refractivity contribution in [3.63, 3.8) is 0 Å². The van der Waals surface area contributed by atoms with Gasteiger partial charge in [-0.25, -0.2) is 0 Å². The van der Waals surface area contributed by atoms with E-state index in [1.807, 2.05) is 0 Å². The minimum absolute atomic E-state index is 0.0695. The second kappa shape index (κ2) is 7.68. The minimum atomic E-state index is -0.481. The molecule has 5 nitrogen and oxygen atoms in total. The number of hydrogen-bond acceptors (Lipinski definition) is 4. The maximum atomic E-state index is 10.8. The van der Waals surface area contributed by atoms with Crippen molar-refractivity contribution in [3.05, 3.63) is 65.3 Å². The van der Waals surface area contributed by atoms with Crippen LogP contribution in [0, 0.1) is 10.1 Å². The van der Waals surface area contributed by atoms with Crippen LogP contribution in [0.2, 0.25) is 0 Å². The van der Waals surface area contributed by atoms with Gasteiger partial charge in [-0.05, 0) is 29.3 Å². The predicted molar refractivity (Wildman–Crippen MR) is 81.4 cm³/mol. The first kappa shape index (κ1) is 15.4. The molecule has 0 radical (unpaired) electrons. The van der Waals surface area contributed by atoms with Crippen LogP contribution in [0.15, 0.2) is 54.6 Å². The Kier molecular flexibility index (Phi) is 5.90. The summed E-state index contributed by atoms with van der Waals surface area (Å²) in [4.78, 5) is 14.4. The van der Waals surface area contributed by atoms with Crippen LogP contribution in [0.5, 0.6) is 5.75 Å². The van der Waals surface area contributed by atoms with Crippen molar-refractivity contribution in [2.75, 3.05) is 13.7 Å². The van der Waals surface area contributed by atoms with E-state index in [4.69, 9.17) is 4.74 Å². The van der Waals surface area contributed by atoms with Gasteiger partial charge in [-0.2, -0.15) is 0 Å². The predicted octanol–water partition coefficient (Wildman–Crippen LogP) is 3.43. The van der Waals surface area contributed by atoms with Crippen LogP contribution in [-0.2, 0) is 0 Å². The molecule has 0 aliphatic heterocycles. The number of nitro groups is 1. The van der Waals surface area contributed by atoms with Gasteiger partial charge in [-0.3, -0.25) is 15.1 Å². The Morgan fingerprint density at radius 3 is 2.80 bits per heavy atom. The molecule has 0 amide bonds. The van der Waals surface area contributed by atoms with Crippen LogP contribution in [0.1, 0.15) is 5.56 Å². The first-order valence-electron chi connectivity index (χ1n) is 5.90. The van der Waals surface area contributed by atoms with Gasteiger partial charge in [0.05, 0.1) is 18.6 Å². The van der Waals surface area contributed by atoms with Crippen molar-refractivity contribution in [3.8, 4) is 5.75 Å². The SMILES string of the molecule is C=CCN=C/C=C(\C=C)c1ccc([N+](=O)[O-])c(OC)c1. The molecule has 1 aromatic rings. The summed E-state index contributed by atoms with van der Waals surface area (Å²) in [5.74, 6) is 0.211. The Labute approximate surface area is 117 Å². The minimum Gasteiger partial charge on any atom is -0.490 e. The van der Waals surface area contributed by atoms with E-state index in [-0.39, 0.29) is 11.4 Å². The van der Waals surface area contributed by atoms with Gasteiger partial charge in [0, 0.05) is 12.3 Å². The molecule has 0 bridgehead atoms. The average Bonchev–Trinajstić information content (AvgIpc) is 2.46. The average molecular weight is 272 g/mol. The fourth-order valence-corrected chi connectivity index (χ4v) is 1.56. The largest absolute Gasteiger partial charge is 0.490 e. The molecule has 0 aliphatic carbocycles. The second-order valence-corrected chi connectivity index (χ2v) is 3.77. The molecule has 0 saturated heterocycles. The molecule has 0 aliphatic rings. The number of nitrogens with zero attached hydrogens (tertiary/aromatic N) is 2. The highest BCUT2D eigenvalue weighted by atomic mass is 16.6. The van der Waals surface area contributed by atoms with Crippen LogP contribution in [0.4, 0.5) is 5.69 Å². The molecule has 0 atom stereocenters. The zero-order valence-corrected chi connectivity index (χ0v) is 11.3. The van der Waals surface area contributed by atoms with E-state index in [1.165, 1.54) is 13.2 Å². The number of nitro benzene ring substituents is 1. The summed E-state index contributed by atoms with van der Waals surface area (Å²) < 4.78 is 5.03. The first-order chi connectivity index (χ1) is 9.63. The molecular weight excluding hydrogens is 256 g/mol. The van der Waals surface area contributed by atoms with E-state index in [0.717, 1.165) is 11.1 Å². The lowest BCUT2D eigenvalue weighted by atomic mass is 10.0. The maximum Gasteiger partial charge on any atom is 0.310 e. The Bertz CT molecular complexity index is 574. The van der Waals surface area contributed by atoms with Crippen molar-refractivity contribution < 1.29 is 9.66 Å². The number of benzene rings is 1. The second-order valence-electron chi connectivity index (χ2n) is 3.77. The fraction of sp³-hybridized carbons (Fsp3) is 0.133. The quantitative estimate of drug-likeness (QED) is 0.251. The Morgan fingerprint density at radius 2 is 2.25 bits per heavy atom. The van der Waals surface area contributed by atoms with E-state index in [2.05, 4.69) is 18.2 Å². The van der Waals surface area contributed by atoms with E-state index in [9.17, 15) is 10.1 Å². The van der Waals surface area contributed by atoms with Crippen molar-refractivity contribution in [2.45, 2.75) is 0 Å². The third-order valence-electron chi connectivity index (χ3n) is 2.52. The molecule has 1 aromatic carbocycles. The fourth-order valence-electron chi connectivity index (χ4n) is 1.56. The summed E-state index contributed by atoms with van der Waals surface area (Å²) in [5.41, 5.74) is 1.50. The van der Waals surface area contributed by atoms with E-state index < -0.39 is 4.92 Å². The van der Waals surface area contributed by atoms with E-state index in [1.54, 1.807) is 36.6 Å². The highest BCUT2D eigenvalue weighted by Crippen LogP contribution is 2.30. The molecular formula is C15H16N2O3. The molecule has 0 saturated carbocycles. The summed E-state index contributed by atoms with van der Waals surface area (Å²) >= 11 is 0. The Hall–Kier alpha value is -2.69. The van der Waals surface area contributed by atoms with Crippen LogP contribution in [0.3, 0.4) is 0 Å². The molecule has 0 unspecified atom stereocenters. The highest BCUT2D eigenvalue weighted by Gasteiger charge is 2.15. The van der Waals surface area contributed by atoms with Crippen molar-refractivity contribution in [1.82, 2.24) is 0 Å². The van der Waals surface area contributed by atoms with Crippen LogP contribution < -0.4 is 4.74 Å². The lowest BCUT2D eigenvalue weighted by Gasteiger charge is -2.05. The molecule has 0 aromatic heterocycles. The lowest BCUT2D eigenvalue weighted by molar-refractivity contribution is -0.385. The molecule has 0 fully saturated rings. The van der Waals surface area contributed by atoms with Crippen molar-refractivity contribution >= 4 is 17.5 Å². The molecule has 0 heterocycles. The number of methoxy groups -OCH3 is 1. The van der Waals surface area contributed by atoms with Crippen molar-refractivity contribution in [2.24, 2.45) is 4.99 Å². The molecule has 0 spiro atoms. The molecule has 20 heavy (non-hydrogen) atoms. The number of allylic oxidation sites excluding steroid dienone is 3. The first-order valence-corrected chi connectivity index (χ1v) is 5.90. The number of hydrogen-bond donors (Lipinski definition) is 0. The van der Waals surface area contributed by atoms with Gasteiger partial charge in [0.25, 0.3) is 0 Å². The van der Waals surface area contributed by atoms with Gasteiger partial charge in [0.2, 0.25) is 0 Å². The van der Waals surface area contributed by atoms with Gasteiger partial charge in [0.15, 0.2) is 5.75 Å². The van der Waals surface area contributed by atoms with Crippen LogP contribution in [-0.4, -0.2) is 24.8 Å². The standard InChI is InChI=1S/C15H16N2O3/c1-4-9-16-10-8-12(5-2)13-6-7-14(17(18)19)15(11-13)20-3/h4-8,10-11H,1-2,9H2,3H3/b12-8+,16-10?. The van der Waals surface area contributed by atoms with Gasteiger partial charge >= 0.3 is 5.69 Å². The van der Waals surface area contributed by atoms with Crippen LogP contribution >= 0.6 is 0 Å². The zero-order chi connectivity index (χ0) is 15.0. The molecule has 1 rings (SSSR count). The monoisotopic (exact) mass is 272 g/mol. The van der Waals surface area contributed by atoms with Gasteiger partial charge < -0.3 is 4.74 Å². The number of rotatable bonds is 7. The zero-order valence-electron chi connectivity index (χ0n) is 11.3. The van der Waals surface area contributed by atoms with E-state index in [0.29, 0.717) is 6.54 Å². The summed E-state index contributed by atoms with van der Waals surface area (Å²) in [5, 5.41) is 10.8. The molecule has 104 valence electrons. The van der Waals surface area contributed by atoms with Crippen LogP contribution in [0.25, 0.3) is 5.57 Å². The third-order valence-corrected chi connectivity index (χ3v) is 2.52. The topological polar surface area (TPSA) is 64.7 Å². The van der Waals surface area contributed by atoms with Gasteiger partial charge in [0.1, 0.15) is 0 Å². The van der Waals surface area contributed by atoms with Gasteiger partial charge in [-0.15, -0.1) is 6.58 Å². The van der Waals surface area contributed by atoms with Gasteiger partial charge in [-0.1, -0.05) is 18.7 Å². The summed E-state index contributed by atoms with van der Waals surface area (Å²) in [6, 6.07) is 4.66. The summed E-state index contributed by atoms with van der Waals surface area (Å²) in [7, 11) is 1.40. The number of aliphatic imine (C=N–C) groups is 1. The number of ether oxygens (including phenoxy) is 1. The maximum absolute atomic E-state index is 10.8. The Balaban J connectivity index is 3.13.